The van der Waals surface area contributed by atoms with Crippen LogP contribution in [0, 0.1) is 0 Å². The maximum atomic E-state index is 13.3. The van der Waals surface area contributed by atoms with Crippen LogP contribution < -0.4 is 25.8 Å². The van der Waals surface area contributed by atoms with Crippen molar-refractivity contribution in [1.29, 1.82) is 0 Å². The van der Waals surface area contributed by atoms with E-state index in [1.54, 1.807) is 38.5 Å². The van der Waals surface area contributed by atoms with Gasteiger partial charge in [-0.25, -0.2) is 0 Å². The fourth-order valence-corrected chi connectivity index (χ4v) is 5.63. The van der Waals surface area contributed by atoms with Gasteiger partial charge in [-0.1, -0.05) is 30.3 Å². The predicted molar refractivity (Wildman–Crippen MR) is 177 cm³/mol. The Morgan fingerprint density at radius 3 is 2.40 bits per heavy atom. The number of aromatic nitrogens is 1. The normalized spacial score (nSPS) is 12.8. The molecule has 0 saturated carbocycles. The zero-order valence-corrected chi connectivity index (χ0v) is 25.3. The fraction of sp³-hybridized carbons (Fsp3) is 0.194. The summed E-state index contributed by atoms with van der Waals surface area (Å²) in [4.78, 5) is 33.2. The number of carbonyl (C=O) groups excluding carboxylic acids is 2. The molecule has 45 heavy (non-hydrogen) atoms. The maximum Gasteiger partial charge on any atom is 0.257 e. The third kappa shape index (κ3) is 6.73. The van der Waals surface area contributed by atoms with Gasteiger partial charge in [0.25, 0.3) is 11.8 Å². The van der Waals surface area contributed by atoms with Crippen molar-refractivity contribution in [2.24, 2.45) is 0 Å². The molecule has 1 aliphatic rings. The highest BCUT2D eigenvalue weighted by Crippen LogP contribution is 2.33. The summed E-state index contributed by atoms with van der Waals surface area (Å²) in [5.41, 5.74) is 12.6. The molecule has 2 amide bonds. The van der Waals surface area contributed by atoms with Gasteiger partial charge in [0.05, 0.1) is 36.6 Å². The number of fused-ring (bicyclic) bond motifs is 2. The molecule has 6 rings (SSSR count). The van der Waals surface area contributed by atoms with Gasteiger partial charge in [0, 0.05) is 42.6 Å². The van der Waals surface area contributed by atoms with Crippen molar-refractivity contribution >= 4 is 39.8 Å². The summed E-state index contributed by atoms with van der Waals surface area (Å²) in [5.74, 6) is 0.793. The lowest BCUT2D eigenvalue weighted by molar-refractivity contribution is 0.102. The number of anilines is 3. The zero-order chi connectivity index (χ0) is 31.3. The topological polar surface area (TPSA) is 119 Å². The van der Waals surface area contributed by atoms with Crippen LogP contribution in [0.4, 0.5) is 17.1 Å². The molecular weight excluding hydrogens is 566 g/mol. The minimum absolute atomic E-state index is 0.301. The minimum Gasteiger partial charge on any atom is -0.493 e. The summed E-state index contributed by atoms with van der Waals surface area (Å²) >= 11 is 0. The summed E-state index contributed by atoms with van der Waals surface area (Å²) in [6.45, 7) is 2.76. The number of hydrogen-bond acceptors (Lipinski definition) is 7. The van der Waals surface area contributed by atoms with Gasteiger partial charge in [0.2, 0.25) is 0 Å². The Balaban J connectivity index is 1.07. The van der Waals surface area contributed by atoms with Crippen LogP contribution in [0.3, 0.4) is 0 Å². The molecule has 0 saturated heterocycles. The Morgan fingerprint density at radius 2 is 1.62 bits per heavy atom. The van der Waals surface area contributed by atoms with Gasteiger partial charge in [0.15, 0.2) is 11.5 Å². The molecule has 0 spiro atoms. The fourth-order valence-electron chi connectivity index (χ4n) is 5.63. The Bertz CT molecular complexity index is 1870. The first kappa shape index (κ1) is 29.7. The number of ether oxygens (including phenoxy) is 2. The van der Waals surface area contributed by atoms with Crippen LogP contribution in [0.2, 0.25) is 0 Å². The van der Waals surface area contributed by atoms with Crippen LogP contribution in [0.1, 0.15) is 37.4 Å². The Labute approximate surface area is 262 Å². The number of amides is 2. The summed E-state index contributed by atoms with van der Waals surface area (Å²) in [6, 6.07) is 26.2. The zero-order valence-electron chi connectivity index (χ0n) is 25.3. The monoisotopic (exact) mass is 601 g/mol. The number of nitrogen functional groups attached to an aromatic ring is 1. The molecule has 5 aromatic rings. The lowest BCUT2D eigenvalue weighted by Crippen LogP contribution is -2.32. The Hall–Kier alpha value is -5.41. The molecule has 4 N–H and O–H groups in total. The van der Waals surface area contributed by atoms with Crippen molar-refractivity contribution in [2.75, 3.05) is 43.7 Å². The lowest BCUT2D eigenvalue weighted by Gasteiger charge is -2.29. The highest BCUT2D eigenvalue weighted by molar-refractivity contribution is 6.13. The van der Waals surface area contributed by atoms with Crippen molar-refractivity contribution in [3.63, 3.8) is 0 Å². The van der Waals surface area contributed by atoms with E-state index in [-0.39, 0.29) is 11.8 Å². The first-order chi connectivity index (χ1) is 21.9. The molecule has 1 aliphatic heterocycles. The summed E-state index contributed by atoms with van der Waals surface area (Å²) in [5, 5.41) is 6.63. The molecule has 0 fully saturated rings. The molecule has 0 atom stereocenters. The van der Waals surface area contributed by atoms with Crippen molar-refractivity contribution < 1.29 is 19.1 Å². The van der Waals surface area contributed by atoms with Crippen LogP contribution in [-0.2, 0) is 19.4 Å². The number of rotatable bonds is 9. The third-order valence-corrected chi connectivity index (χ3v) is 8.11. The molecule has 0 aliphatic carbocycles. The van der Waals surface area contributed by atoms with Crippen LogP contribution in [0.15, 0.2) is 91.1 Å². The molecule has 0 bridgehead atoms. The molecule has 0 radical (unpaired) electrons. The molecule has 2 heterocycles. The van der Waals surface area contributed by atoms with E-state index in [0.717, 1.165) is 54.9 Å². The van der Waals surface area contributed by atoms with E-state index < -0.39 is 0 Å². The second-order valence-electron chi connectivity index (χ2n) is 11.1. The second-order valence-corrected chi connectivity index (χ2v) is 11.1. The molecule has 9 nitrogen and oxygen atoms in total. The van der Waals surface area contributed by atoms with E-state index in [2.05, 4.69) is 32.7 Å². The van der Waals surface area contributed by atoms with Crippen LogP contribution in [-0.4, -0.2) is 49.0 Å². The quantitative estimate of drug-likeness (QED) is 0.179. The Kier molecular flexibility index (Phi) is 8.61. The number of nitrogens with zero attached hydrogens (tertiary/aromatic N) is 2. The van der Waals surface area contributed by atoms with E-state index in [1.165, 1.54) is 22.9 Å². The second kappa shape index (κ2) is 13.1. The molecular formula is C36H35N5O4. The summed E-state index contributed by atoms with van der Waals surface area (Å²) < 4.78 is 11.0. The number of para-hydroxylation sites is 1. The average Bonchev–Trinajstić information content (AvgIpc) is 3.07. The first-order valence-electron chi connectivity index (χ1n) is 14.8. The molecule has 1 aromatic heterocycles. The van der Waals surface area contributed by atoms with Crippen molar-refractivity contribution in [3.8, 4) is 11.5 Å². The Morgan fingerprint density at radius 1 is 0.867 bits per heavy atom. The van der Waals surface area contributed by atoms with Crippen molar-refractivity contribution in [1.82, 2.24) is 9.88 Å². The number of methoxy groups -OCH3 is 2. The van der Waals surface area contributed by atoms with Crippen LogP contribution in [0.5, 0.6) is 11.5 Å². The van der Waals surface area contributed by atoms with Gasteiger partial charge in [-0.15, -0.1) is 0 Å². The van der Waals surface area contributed by atoms with E-state index in [0.29, 0.717) is 28.2 Å². The van der Waals surface area contributed by atoms with Gasteiger partial charge in [0.1, 0.15) is 0 Å². The summed E-state index contributed by atoms with van der Waals surface area (Å²) in [7, 11) is 3.33. The third-order valence-electron chi connectivity index (χ3n) is 8.11. The van der Waals surface area contributed by atoms with Gasteiger partial charge in [-0.3, -0.25) is 19.5 Å². The van der Waals surface area contributed by atoms with Crippen LogP contribution >= 0.6 is 0 Å². The van der Waals surface area contributed by atoms with Gasteiger partial charge in [-0.2, -0.15) is 0 Å². The highest BCUT2D eigenvalue weighted by atomic mass is 16.5. The number of pyridine rings is 1. The van der Waals surface area contributed by atoms with E-state index in [9.17, 15) is 9.59 Å². The SMILES string of the molecule is COc1cc2c(cc1OC)CN(CCc1ccc(NC(=O)c3ccc(N)cc3NC(=O)c3cnc4ccccc4c3)cc1)CC2. The highest BCUT2D eigenvalue weighted by Gasteiger charge is 2.20. The smallest absolute Gasteiger partial charge is 0.257 e. The van der Waals surface area contributed by atoms with Crippen LogP contribution in [0.25, 0.3) is 10.9 Å². The number of hydrogen-bond donors (Lipinski definition) is 3. The van der Waals surface area contributed by atoms with E-state index in [1.807, 2.05) is 48.5 Å². The molecule has 9 heteroatoms. The van der Waals surface area contributed by atoms with Crippen molar-refractivity contribution in [3.05, 3.63) is 119 Å². The summed E-state index contributed by atoms with van der Waals surface area (Å²) in [6.07, 6.45) is 3.37. The van der Waals surface area contributed by atoms with E-state index >= 15 is 0 Å². The number of nitrogens with one attached hydrogen (secondary N) is 2. The molecule has 4 aromatic carbocycles. The first-order valence-corrected chi connectivity index (χ1v) is 14.8. The average molecular weight is 602 g/mol. The standard InChI is InChI=1S/C36H35N5O4/c1-44-33-18-24-14-16-41(22-27(24)19-34(33)45-2)15-13-23-7-10-29(11-8-23)39-36(43)30-12-9-28(37)20-32(30)40-35(42)26-17-25-5-3-4-6-31(25)38-21-26/h3-12,17-21H,13-16,22,37H2,1-2H3,(H,39,43)(H,40,42). The molecule has 0 unspecified atom stereocenters. The van der Waals surface area contributed by atoms with Crippen molar-refractivity contribution in [2.45, 2.75) is 19.4 Å². The van der Waals surface area contributed by atoms with Gasteiger partial charge in [-0.05, 0) is 84.1 Å². The number of nitrogens with two attached hydrogens (primary N) is 1. The number of benzene rings is 4. The predicted octanol–water partition coefficient (Wildman–Crippen LogP) is 5.94. The van der Waals surface area contributed by atoms with Gasteiger partial charge < -0.3 is 25.8 Å². The molecule has 228 valence electrons. The maximum absolute atomic E-state index is 13.3. The van der Waals surface area contributed by atoms with Gasteiger partial charge >= 0.3 is 0 Å². The lowest BCUT2D eigenvalue weighted by atomic mass is 9.98. The minimum atomic E-state index is -0.381. The number of carbonyl (C=O) groups is 2. The van der Waals surface area contributed by atoms with E-state index in [4.69, 9.17) is 15.2 Å². The largest absolute Gasteiger partial charge is 0.493 e.